The average molecular weight is 236 g/mol. The first kappa shape index (κ1) is 13.2. The smallest absolute Gasteiger partial charge is 0.313 e. The first-order valence-corrected chi connectivity index (χ1v) is 5.30. The van der Waals surface area contributed by atoms with Crippen LogP contribution in [-0.2, 0) is 14.3 Å². The number of carbonyl (C=O) groups excluding carboxylic acids is 2. The molecule has 0 N–H and O–H groups in total. The highest BCUT2D eigenvalue weighted by molar-refractivity contribution is 6.00. The van der Waals surface area contributed by atoms with E-state index in [1.807, 2.05) is 18.2 Å². The van der Waals surface area contributed by atoms with Crippen LogP contribution in [0, 0.1) is 0 Å². The van der Waals surface area contributed by atoms with E-state index in [0.717, 1.165) is 0 Å². The molecule has 0 saturated heterocycles. The van der Waals surface area contributed by atoms with Crippen molar-refractivity contribution in [3.63, 3.8) is 0 Å². The lowest BCUT2D eigenvalue weighted by atomic mass is 10.0. The van der Waals surface area contributed by atoms with Gasteiger partial charge in [-0.1, -0.05) is 18.2 Å². The SMILES string of the molecule is COC(=O)CC(=O)C(C)(C)Oc1ccccc1. The Labute approximate surface area is 101 Å². The molecule has 0 atom stereocenters. The van der Waals surface area contributed by atoms with Crippen LogP contribution in [0.5, 0.6) is 5.75 Å². The lowest BCUT2D eigenvalue weighted by Gasteiger charge is -2.24. The topological polar surface area (TPSA) is 52.6 Å². The fourth-order valence-electron chi connectivity index (χ4n) is 1.26. The Morgan fingerprint density at radius 1 is 1.18 bits per heavy atom. The molecule has 0 aliphatic carbocycles. The summed E-state index contributed by atoms with van der Waals surface area (Å²) in [6.45, 7) is 3.26. The van der Waals surface area contributed by atoms with Crippen molar-refractivity contribution in [2.24, 2.45) is 0 Å². The van der Waals surface area contributed by atoms with Crippen molar-refractivity contribution in [3.8, 4) is 5.75 Å². The Balaban J connectivity index is 2.68. The van der Waals surface area contributed by atoms with Gasteiger partial charge in [-0.15, -0.1) is 0 Å². The number of Topliss-reactive ketones (excluding diaryl/α,β-unsaturated/α-hetero) is 1. The molecular formula is C13H16O4. The highest BCUT2D eigenvalue weighted by atomic mass is 16.5. The monoisotopic (exact) mass is 236 g/mol. The van der Waals surface area contributed by atoms with Gasteiger partial charge in [0.05, 0.1) is 7.11 Å². The third-order valence-corrected chi connectivity index (χ3v) is 2.32. The maximum atomic E-state index is 11.8. The lowest BCUT2D eigenvalue weighted by molar-refractivity contribution is -0.147. The summed E-state index contributed by atoms with van der Waals surface area (Å²) in [7, 11) is 1.25. The highest BCUT2D eigenvalue weighted by Crippen LogP contribution is 2.19. The zero-order valence-electron chi connectivity index (χ0n) is 10.2. The van der Waals surface area contributed by atoms with Crippen LogP contribution in [0.1, 0.15) is 20.3 Å². The van der Waals surface area contributed by atoms with Gasteiger partial charge in [0.2, 0.25) is 0 Å². The molecule has 0 unspecified atom stereocenters. The fraction of sp³-hybridized carbons (Fsp3) is 0.385. The Bertz CT molecular complexity index is 395. The third-order valence-electron chi connectivity index (χ3n) is 2.32. The van der Waals surface area contributed by atoms with E-state index in [2.05, 4.69) is 4.74 Å². The quantitative estimate of drug-likeness (QED) is 0.579. The summed E-state index contributed by atoms with van der Waals surface area (Å²) < 4.78 is 10.0. The number of ether oxygens (including phenoxy) is 2. The molecule has 1 rings (SSSR count). The number of esters is 1. The molecule has 17 heavy (non-hydrogen) atoms. The second-order valence-corrected chi connectivity index (χ2v) is 4.10. The van der Waals surface area contributed by atoms with Gasteiger partial charge in [-0.25, -0.2) is 0 Å². The van der Waals surface area contributed by atoms with Crippen molar-refractivity contribution in [3.05, 3.63) is 30.3 Å². The Hall–Kier alpha value is -1.84. The van der Waals surface area contributed by atoms with Gasteiger partial charge >= 0.3 is 5.97 Å². The molecule has 1 aromatic carbocycles. The van der Waals surface area contributed by atoms with Crippen molar-refractivity contribution < 1.29 is 19.1 Å². The largest absolute Gasteiger partial charge is 0.480 e. The third kappa shape index (κ3) is 3.90. The number of carbonyl (C=O) groups is 2. The minimum atomic E-state index is -1.05. The highest BCUT2D eigenvalue weighted by Gasteiger charge is 2.31. The number of benzene rings is 1. The minimum absolute atomic E-state index is 0.281. The summed E-state index contributed by atoms with van der Waals surface area (Å²) in [4.78, 5) is 22.8. The van der Waals surface area contributed by atoms with Gasteiger partial charge in [-0.05, 0) is 26.0 Å². The first-order valence-electron chi connectivity index (χ1n) is 5.30. The van der Waals surface area contributed by atoms with Gasteiger partial charge in [0.25, 0.3) is 0 Å². The fourth-order valence-corrected chi connectivity index (χ4v) is 1.26. The number of para-hydroxylation sites is 1. The first-order chi connectivity index (χ1) is 7.95. The van der Waals surface area contributed by atoms with E-state index in [9.17, 15) is 9.59 Å². The zero-order chi connectivity index (χ0) is 12.9. The number of methoxy groups -OCH3 is 1. The van der Waals surface area contributed by atoms with Crippen LogP contribution in [0.15, 0.2) is 30.3 Å². The average Bonchev–Trinajstić information content (AvgIpc) is 2.29. The predicted octanol–water partition coefficient (Wildman–Crippen LogP) is 1.98. The molecule has 0 aliphatic rings. The number of rotatable bonds is 5. The van der Waals surface area contributed by atoms with E-state index < -0.39 is 11.6 Å². The molecule has 0 bridgehead atoms. The minimum Gasteiger partial charge on any atom is -0.480 e. The van der Waals surface area contributed by atoms with E-state index in [0.29, 0.717) is 5.75 Å². The van der Waals surface area contributed by atoms with Crippen LogP contribution in [0.3, 0.4) is 0 Å². The van der Waals surface area contributed by atoms with E-state index in [-0.39, 0.29) is 12.2 Å². The molecule has 0 aromatic heterocycles. The summed E-state index contributed by atoms with van der Waals surface area (Å²) >= 11 is 0. The van der Waals surface area contributed by atoms with E-state index in [1.165, 1.54) is 7.11 Å². The molecule has 0 spiro atoms. The number of hydrogen-bond acceptors (Lipinski definition) is 4. The van der Waals surface area contributed by atoms with Gasteiger partial charge in [0.1, 0.15) is 12.2 Å². The van der Waals surface area contributed by atoms with Crippen LogP contribution >= 0.6 is 0 Å². The summed E-state index contributed by atoms with van der Waals surface area (Å²) in [6.07, 6.45) is -0.281. The maximum Gasteiger partial charge on any atom is 0.313 e. The molecule has 0 saturated carbocycles. The van der Waals surface area contributed by atoms with E-state index in [1.54, 1.807) is 26.0 Å². The molecule has 0 amide bonds. The number of ketones is 1. The van der Waals surface area contributed by atoms with E-state index in [4.69, 9.17) is 4.74 Å². The molecule has 0 fully saturated rings. The van der Waals surface area contributed by atoms with Gasteiger partial charge in [-0.3, -0.25) is 9.59 Å². The summed E-state index contributed by atoms with van der Waals surface area (Å²) in [6, 6.07) is 9.00. The Kier molecular flexibility index (Phi) is 4.26. The Morgan fingerprint density at radius 3 is 2.29 bits per heavy atom. The second-order valence-electron chi connectivity index (χ2n) is 4.10. The summed E-state index contributed by atoms with van der Waals surface area (Å²) in [5, 5.41) is 0. The van der Waals surface area contributed by atoms with Crippen molar-refractivity contribution in [2.45, 2.75) is 25.9 Å². The van der Waals surface area contributed by atoms with Crippen LogP contribution in [0.2, 0.25) is 0 Å². The molecule has 4 nitrogen and oxygen atoms in total. The summed E-state index contributed by atoms with van der Waals surface area (Å²) in [5.74, 6) is -0.274. The predicted molar refractivity (Wildman–Crippen MR) is 62.8 cm³/mol. The van der Waals surface area contributed by atoms with Crippen LogP contribution in [0.25, 0.3) is 0 Å². The van der Waals surface area contributed by atoms with Gasteiger partial charge < -0.3 is 9.47 Å². The second kappa shape index (κ2) is 5.48. The van der Waals surface area contributed by atoms with Gasteiger partial charge in [-0.2, -0.15) is 0 Å². The molecular weight excluding hydrogens is 220 g/mol. The maximum absolute atomic E-state index is 11.8. The summed E-state index contributed by atoms with van der Waals surface area (Å²) in [5.41, 5.74) is -1.05. The molecule has 0 aliphatic heterocycles. The Morgan fingerprint density at radius 2 is 1.76 bits per heavy atom. The molecule has 0 radical (unpaired) electrons. The zero-order valence-corrected chi connectivity index (χ0v) is 10.2. The van der Waals surface area contributed by atoms with Gasteiger partial charge in [0.15, 0.2) is 11.4 Å². The van der Waals surface area contributed by atoms with Crippen molar-refractivity contribution in [1.29, 1.82) is 0 Å². The lowest BCUT2D eigenvalue weighted by Crippen LogP contribution is -2.39. The van der Waals surface area contributed by atoms with Crippen LogP contribution in [0.4, 0.5) is 0 Å². The normalized spacial score (nSPS) is 10.8. The van der Waals surface area contributed by atoms with Crippen LogP contribution in [-0.4, -0.2) is 24.5 Å². The van der Waals surface area contributed by atoms with Crippen molar-refractivity contribution in [1.82, 2.24) is 0 Å². The molecule has 92 valence electrons. The molecule has 0 heterocycles. The molecule has 1 aromatic rings. The van der Waals surface area contributed by atoms with Crippen molar-refractivity contribution >= 4 is 11.8 Å². The van der Waals surface area contributed by atoms with Gasteiger partial charge in [0, 0.05) is 0 Å². The molecule has 4 heteroatoms. The number of hydrogen-bond donors (Lipinski definition) is 0. The van der Waals surface area contributed by atoms with Crippen LogP contribution < -0.4 is 4.74 Å². The van der Waals surface area contributed by atoms with Crippen molar-refractivity contribution in [2.75, 3.05) is 7.11 Å². The van der Waals surface area contributed by atoms with E-state index >= 15 is 0 Å². The standard InChI is InChI=1S/C13H16O4/c1-13(2,11(14)9-12(15)16-3)17-10-7-5-4-6-8-10/h4-8H,9H2,1-3H3.